The van der Waals surface area contributed by atoms with Gasteiger partial charge in [0.1, 0.15) is 5.76 Å². The fourth-order valence-electron chi connectivity index (χ4n) is 2.57. The maximum Gasteiger partial charge on any atom is 0.129 e. The summed E-state index contributed by atoms with van der Waals surface area (Å²) in [6.07, 6.45) is 2.18. The normalized spacial score (nSPS) is 11.9. The number of pyridine rings is 1. The van der Waals surface area contributed by atoms with Crippen molar-refractivity contribution in [3.05, 3.63) is 77.5 Å². The first-order chi connectivity index (χ1) is 11.1. The van der Waals surface area contributed by atoms with Crippen LogP contribution in [0.15, 0.2) is 60.7 Å². The maximum absolute atomic E-state index is 6.11. The molecule has 1 aromatic heterocycles. The highest BCUT2D eigenvalue weighted by molar-refractivity contribution is 5.93. The van der Waals surface area contributed by atoms with Crippen molar-refractivity contribution in [2.45, 2.75) is 26.9 Å². The van der Waals surface area contributed by atoms with Crippen molar-refractivity contribution in [1.82, 2.24) is 4.98 Å². The summed E-state index contributed by atoms with van der Waals surface area (Å²) >= 11 is 0. The van der Waals surface area contributed by atoms with Crippen LogP contribution in [0.5, 0.6) is 0 Å². The zero-order valence-electron chi connectivity index (χ0n) is 13.8. The Kier molecular flexibility index (Phi) is 4.42. The second kappa shape index (κ2) is 6.66. The molecule has 2 aromatic carbocycles. The maximum atomic E-state index is 6.11. The minimum atomic E-state index is 0.102. The van der Waals surface area contributed by atoms with Gasteiger partial charge < -0.3 is 4.74 Å². The second-order valence-corrected chi connectivity index (χ2v) is 5.92. The summed E-state index contributed by atoms with van der Waals surface area (Å²) in [5.41, 5.74) is 4.14. The Morgan fingerprint density at radius 1 is 0.957 bits per heavy atom. The van der Waals surface area contributed by atoms with Gasteiger partial charge in [-0.25, -0.2) is 0 Å². The van der Waals surface area contributed by atoms with Gasteiger partial charge in [-0.3, -0.25) is 4.98 Å². The van der Waals surface area contributed by atoms with Gasteiger partial charge in [0.15, 0.2) is 0 Å². The minimum Gasteiger partial charge on any atom is -0.490 e. The van der Waals surface area contributed by atoms with Crippen molar-refractivity contribution in [1.29, 1.82) is 0 Å². The summed E-state index contributed by atoms with van der Waals surface area (Å²) in [5.74, 6) is 0.856. The molecule has 0 amide bonds. The average Bonchev–Trinajstić information content (AvgIpc) is 2.54. The Labute approximate surface area is 137 Å². The molecule has 0 aliphatic carbocycles. The van der Waals surface area contributed by atoms with E-state index in [4.69, 9.17) is 9.72 Å². The number of aromatic nitrogens is 1. The molecule has 116 valence electrons. The van der Waals surface area contributed by atoms with Crippen LogP contribution in [0.4, 0.5) is 0 Å². The number of hydrogen-bond donors (Lipinski definition) is 0. The first kappa shape index (κ1) is 15.3. The van der Waals surface area contributed by atoms with Crippen LogP contribution in [-0.2, 0) is 4.74 Å². The van der Waals surface area contributed by atoms with Gasteiger partial charge in [0.2, 0.25) is 0 Å². The van der Waals surface area contributed by atoms with Crippen molar-refractivity contribution >= 4 is 22.7 Å². The van der Waals surface area contributed by atoms with Gasteiger partial charge in [0.05, 0.1) is 11.6 Å². The molecule has 0 unspecified atom stereocenters. The molecule has 0 radical (unpaired) electrons. The largest absolute Gasteiger partial charge is 0.490 e. The second-order valence-electron chi connectivity index (χ2n) is 5.92. The van der Waals surface area contributed by atoms with E-state index in [1.165, 1.54) is 0 Å². The van der Waals surface area contributed by atoms with Crippen molar-refractivity contribution in [3.8, 4) is 0 Å². The summed E-state index contributed by atoms with van der Waals surface area (Å²) in [6.45, 7) is 6.10. The number of fused-ring (bicyclic) bond motifs is 1. The molecule has 3 aromatic rings. The van der Waals surface area contributed by atoms with Crippen molar-refractivity contribution in [3.63, 3.8) is 0 Å². The summed E-state index contributed by atoms with van der Waals surface area (Å²) < 4.78 is 6.11. The number of rotatable bonds is 4. The van der Waals surface area contributed by atoms with Crippen LogP contribution < -0.4 is 0 Å². The Balaban J connectivity index is 2.17. The Morgan fingerprint density at radius 2 is 1.74 bits per heavy atom. The summed E-state index contributed by atoms with van der Waals surface area (Å²) in [5, 5.41) is 1.12. The third-order valence-corrected chi connectivity index (χ3v) is 3.58. The lowest BCUT2D eigenvalue weighted by atomic mass is 10.1. The highest BCUT2D eigenvalue weighted by Crippen LogP contribution is 2.27. The Morgan fingerprint density at radius 3 is 2.48 bits per heavy atom. The summed E-state index contributed by atoms with van der Waals surface area (Å²) in [6, 6.07) is 20.6. The van der Waals surface area contributed by atoms with Crippen LogP contribution in [0, 0.1) is 6.92 Å². The molecule has 1 heterocycles. The van der Waals surface area contributed by atoms with Crippen molar-refractivity contribution in [2.75, 3.05) is 0 Å². The smallest absolute Gasteiger partial charge is 0.129 e. The minimum absolute atomic E-state index is 0.102. The number of para-hydroxylation sites is 1. The lowest BCUT2D eigenvalue weighted by molar-refractivity contribution is 0.206. The van der Waals surface area contributed by atoms with E-state index in [2.05, 4.69) is 42.5 Å². The van der Waals surface area contributed by atoms with E-state index >= 15 is 0 Å². The van der Waals surface area contributed by atoms with Crippen LogP contribution in [-0.4, -0.2) is 11.1 Å². The van der Waals surface area contributed by atoms with Gasteiger partial charge >= 0.3 is 0 Å². The molecule has 0 saturated carbocycles. The van der Waals surface area contributed by atoms with Crippen LogP contribution in [0.3, 0.4) is 0 Å². The summed E-state index contributed by atoms with van der Waals surface area (Å²) in [4.78, 5) is 4.72. The highest BCUT2D eigenvalue weighted by atomic mass is 16.5. The molecular weight excluding hydrogens is 282 g/mol. The molecule has 3 rings (SSSR count). The summed E-state index contributed by atoms with van der Waals surface area (Å²) in [7, 11) is 0. The van der Waals surface area contributed by atoms with Gasteiger partial charge in [-0.1, -0.05) is 48.5 Å². The molecule has 2 nitrogen and oxygen atoms in total. The number of ether oxygens (including phenoxy) is 1. The van der Waals surface area contributed by atoms with Crippen LogP contribution >= 0.6 is 0 Å². The van der Waals surface area contributed by atoms with E-state index in [9.17, 15) is 0 Å². The molecule has 0 aliphatic heterocycles. The number of hydrogen-bond acceptors (Lipinski definition) is 2. The lowest BCUT2D eigenvalue weighted by Gasteiger charge is -2.16. The van der Waals surface area contributed by atoms with Crippen LogP contribution in [0.2, 0.25) is 0 Å². The average molecular weight is 303 g/mol. The topological polar surface area (TPSA) is 22.1 Å². The van der Waals surface area contributed by atoms with E-state index in [0.29, 0.717) is 0 Å². The fourth-order valence-corrected chi connectivity index (χ4v) is 2.57. The highest BCUT2D eigenvalue weighted by Gasteiger charge is 2.11. The molecule has 0 bridgehead atoms. The molecule has 0 fully saturated rings. The predicted octanol–water partition coefficient (Wildman–Crippen LogP) is 5.47. The van der Waals surface area contributed by atoms with Crippen molar-refractivity contribution in [2.24, 2.45) is 0 Å². The van der Waals surface area contributed by atoms with Gasteiger partial charge in [-0.2, -0.15) is 0 Å². The standard InChI is InChI=1S/C21H21NO/c1-15(2)23-20(14-17-8-5-4-6-9-17)19-11-7-10-18-13-12-16(3)22-21(18)19/h4-15H,1-3H3/b20-14+. The molecule has 0 N–H and O–H groups in total. The van der Waals surface area contributed by atoms with Crippen LogP contribution in [0.1, 0.15) is 30.7 Å². The number of benzene rings is 2. The Hall–Kier alpha value is -2.61. The third-order valence-electron chi connectivity index (χ3n) is 3.58. The van der Waals surface area contributed by atoms with Gasteiger partial charge in [0.25, 0.3) is 0 Å². The fraction of sp³-hybridized carbons (Fsp3) is 0.190. The van der Waals surface area contributed by atoms with Gasteiger partial charge in [0, 0.05) is 16.6 Å². The number of aryl methyl sites for hydroxylation is 1. The molecule has 0 atom stereocenters. The van der Waals surface area contributed by atoms with Gasteiger partial charge in [-0.05, 0) is 44.5 Å². The monoisotopic (exact) mass is 303 g/mol. The molecule has 2 heteroatoms. The lowest BCUT2D eigenvalue weighted by Crippen LogP contribution is -2.03. The number of nitrogens with zero attached hydrogens (tertiary/aromatic N) is 1. The molecular formula is C21H21NO. The van der Waals surface area contributed by atoms with E-state index in [1.807, 2.05) is 45.0 Å². The van der Waals surface area contributed by atoms with E-state index in [-0.39, 0.29) is 6.10 Å². The molecule has 0 spiro atoms. The zero-order valence-corrected chi connectivity index (χ0v) is 13.8. The first-order valence-electron chi connectivity index (χ1n) is 7.93. The SMILES string of the molecule is Cc1ccc2cccc(/C(=C\c3ccccc3)OC(C)C)c2n1. The van der Waals surface area contributed by atoms with E-state index in [0.717, 1.165) is 33.5 Å². The van der Waals surface area contributed by atoms with Crippen molar-refractivity contribution < 1.29 is 4.74 Å². The van der Waals surface area contributed by atoms with E-state index in [1.54, 1.807) is 0 Å². The van der Waals surface area contributed by atoms with Gasteiger partial charge in [-0.15, -0.1) is 0 Å². The van der Waals surface area contributed by atoms with E-state index < -0.39 is 0 Å². The zero-order chi connectivity index (χ0) is 16.2. The quantitative estimate of drug-likeness (QED) is 0.471. The van der Waals surface area contributed by atoms with Crippen LogP contribution in [0.25, 0.3) is 22.7 Å². The first-order valence-corrected chi connectivity index (χ1v) is 7.93. The molecule has 0 aliphatic rings. The molecule has 0 saturated heterocycles. The molecule has 23 heavy (non-hydrogen) atoms. The Bertz CT molecular complexity index is 835. The predicted molar refractivity (Wildman–Crippen MR) is 97.0 cm³/mol. The third kappa shape index (κ3) is 3.59.